The molecule has 6 nitrogen and oxygen atoms in total. The van der Waals surface area contributed by atoms with Crippen LogP contribution in [0.15, 0.2) is 0 Å². The average molecular weight is 234 g/mol. The molecule has 0 unspecified atom stereocenters. The molecule has 0 aromatic carbocycles. The van der Waals surface area contributed by atoms with E-state index in [0.717, 1.165) is 0 Å². The lowest BCUT2D eigenvalue weighted by molar-refractivity contribution is -0.210. The van der Waals surface area contributed by atoms with Crippen molar-refractivity contribution < 1.29 is 30.0 Å². The Kier molecular flexibility index (Phi) is 4.89. The van der Waals surface area contributed by atoms with Crippen LogP contribution in [-0.2, 0) is 9.59 Å². The average Bonchev–Trinajstić information content (AvgIpc) is 2.17. The molecule has 0 radical (unpaired) electrons. The van der Waals surface area contributed by atoms with Crippen molar-refractivity contribution in [1.82, 2.24) is 0 Å². The van der Waals surface area contributed by atoms with E-state index in [1.165, 1.54) is 0 Å². The number of hydrogen-bond acceptors (Lipinski definition) is 4. The van der Waals surface area contributed by atoms with Gasteiger partial charge in [-0.3, -0.25) is 0 Å². The fourth-order valence-corrected chi connectivity index (χ4v) is 1.70. The van der Waals surface area contributed by atoms with Crippen LogP contribution in [0, 0.1) is 0 Å². The van der Waals surface area contributed by atoms with Gasteiger partial charge in [-0.15, -0.1) is 0 Å². The number of hydrogen-bond donors (Lipinski definition) is 4. The fraction of sp³-hybridized carbons (Fsp3) is 0.800. The van der Waals surface area contributed by atoms with Crippen molar-refractivity contribution in [2.75, 3.05) is 0 Å². The van der Waals surface area contributed by atoms with Gasteiger partial charge in [0, 0.05) is 0 Å². The Labute approximate surface area is 93.5 Å². The minimum absolute atomic E-state index is 0.252. The van der Waals surface area contributed by atoms with Crippen LogP contribution < -0.4 is 0 Å². The fourth-order valence-electron chi connectivity index (χ4n) is 1.70. The molecular formula is C10H18O6. The van der Waals surface area contributed by atoms with Gasteiger partial charge in [0.1, 0.15) is 0 Å². The zero-order valence-electron chi connectivity index (χ0n) is 9.43. The van der Waals surface area contributed by atoms with Crippen molar-refractivity contribution in [2.24, 2.45) is 0 Å². The van der Waals surface area contributed by atoms with Crippen LogP contribution in [0.1, 0.15) is 39.5 Å². The molecular weight excluding hydrogens is 216 g/mol. The van der Waals surface area contributed by atoms with Crippen molar-refractivity contribution in [3.8, 4) is 0 Å². The van der Waals surface area contributed by atoms with Crippen molar-refractivity contribution in [2.45, 2.75) is 50.7 Å². The second-order valence-electron chi connectivity index (χ2n) is 3.83. The first kappa shape index (κ1) is 14.9. The molecule has 0 saturated carbocycles. The maximum Gasteiger partial charge on any atom is 0.339 e. The van der Waals surface area contributed by atoms with Gasteiger partial charge in [-0.2, -0.15) is 0 Å². The summed E-state index contributed by atoms with van der Waals surface area (Å²) in [6, 6.07) is 0. The van der Waals surface area contributed by atoms with E-state index in [-0.39, 0.29) is 25.7 Å². The summed E-state index contributed by atoms with van der Waals surface area (Å²) in [5.74, 6) is -3.43. The van der Waals surface area contributed by atoms with E-state index in [2.05, 4.69) is 0 Å². The molecule has 6 heteroatoms. The lowest BCUT2D eigenvalue weighted by atomic mass is 9.76. The molecule has 94 valence electrons. The van der Waals surface area contributed by atoms with Crippen LogP contribution in [0.5, 0.6) is 0 Å². The van der Waals surface area contributed by atoms with Gasteiger partial charge in [0.05, 0.1) is 0 Å². The summed E-state index contributed by atoms with van der Waals surface area (Å²) in [4.78, 5) is 21.9. The molecule has 0 amide bonds. The first-order valence-corrected chi connectivity index (χ1v) is 5.17. The third-order valence-corrected chi connectivity index (χ3v) is 2.62. The summed E-state index contributed by atoms with van der Waals surface area (Å²) in [7, 11) is 0. The summed E-state index contributed by atoms with van der Waals surface area (Å²) >= 11 is 0. The van der Waals surface area contributed by atoms with Crippen LogP contribution in [-0.4, -0.2) is 43.6 Å². The normalized spacial score (nSPS) is 18.5. The van der Waals surface area contributed by atoms with Gasteiger partial charge in [-0.1, -0.05) is 26.7 Å². The molecule has 0 rings (SSSR count). The smallest absolute Gasteiger partial charge is 0.339 e. The number of carboxylic acids is 2. The van der Waals surface area contributed by atoms with Gasteiger partial charge >= 0.3 is 11.9 Å². The predicted octanol–water partition coefficient (Wildman–Crippen LogP) is 0.218. The summed E-state index contributed by atoms with van der Waals surface area (Å²) in [6.07, 6.45) is -0.125. The Morgan fingerprint density at radius 2 is 1.12 bits per heavy atom. The summed E-state index contributed by atoms with van der Waals surface area (Å²) in [5, 5.41) is 37.6. The van der Waals surface area contributed by atoms with Crippen LogP contribution in [0.25, 0.3) is 0 Å². The molecule has 0 aliphatic heterocycles. The molecule has 0 aromatic heterocycles. The Balaban J connectivity index is 5.43. The lowest BCUT2D eigenvalue weighted by Crippen LogP contribution is -2.63. The topological polar surface area (TPSA) is 115 Å². The quantitative estimate of drug-likeness (QED) is 0.501. The molecule has 4 N–H and O–H groups in total. The number of carboxylic acid groups (broad SMARTS) is 2. The largest absolute Gasteiger partial charge is 0.479 e. The molecule has 0 heterocycles. The van der Waals surface area contributed by atoms with Gasteiger partial charge in [0.2, 0.25) is 11.2 Å². The van der Waals surface area contributed by atoms with Crippen LogP contribution in [0.2, 0.25) is 0 Å². The molecule has 0 saturated heterocycles. The number of rotatable bonds is 7. The molecule has 0 aromatic rings. The predicted molar refractivity (Wildman–Crippen MR) is 55.0 cm³/mol. The van der Waals surface area contributed by atoms with E-state index < -0.39 is 23.1 Å². The Bertz CT molecular complexity index is 248. The molecule has 2 atom stereocenters. The Hall–Kier alpha value is -1.14. The van der Waals surface area contributed by atoms with Crippen molar-refractivity contribution in [3.05, 3.63) is 0 Å². The third kappa shape index (κ3) is 2.33. The minimum Gasteiger partial charge on any atom is -0.479 e. The zero-order valence-corrected chi connectivity index (χ0v) is 9.43. The summed E-state index contributed by atoms with van der Waals surface area (Å²) in [5.41, 5.74) is -5.30. The first-order chi connectivity index (χ1) is 7.26. The van der Waals surface area contributed by atoms with Gasteiger partial charge in [0.15, 0.2) is 0 Å². The molecule has 0 bridgehead atoms. The Morgan fingerprint density at radius 3 is 1.25 bits per heavy atom. The molecule has 0 aliphatic rings. The van der Waals surface area contributed by atoms with Gasteiger partial charge < -0.3 is 20.4 Å². The van der Waals surface area contributed by atoms with Crippen molar-refractivity contribution in [1.29, 1.82) is 0 Å². The number of carbonyl (C=O) groups is 2. The minimum atomic E-state index is -2.65. The molecule has 0 spiro atoms. The third-order valence-electron chi connectivity index (χ3n) is 2.62. The highest BCUT2D eigenvalue weighted by Gasteiger charge is 2.59. The van der Waals surface area contributed by atoms with Crippen LogP contribution >= 0.6 is 0 Å². The lowest BCUT2D eigenvalue weighted by Gasteiger charge is -2.36. The van der Waals surface area contributed by atoms with Gasteiger partial charge in [0.25, 0.3) is 0 Å². The molecule has 0 fully saturated rings. The first-order valence-electron chi connectivity index (χ1n) is 5.17. The summed E-state index contributed by atoms with van der Waals surface area (Å²) in [6.45, 7) is 3.20. The highest BCUT2D eigenvalue weighted by Crippen LogP contribution is 2.32. The van der Waals surface area contributed by atoms with E-state index in [9.17, 15) is 19.8 Å². The maximum atomic E-state index is 11.0. The van der Waals surface area contributed by atoms with E-state index in [0.29, 0.717) is 0 Å². The number of aliphatic carboxylic acids is 2. The number of aliphatic hydroxyl groups is 2. The van der Waals surface area contributed by atoms with E-state index in [4.69, 9.17) is 10.2 Å². The van der Waals surface area contributed by atoms with E-state index in [1.807, 2.05) is 0 Å². The van der Waals surface area contributed by atoms with Gasteiger partial charge in [-0.05, 0) is 12.8 Å². The van der Waals surface area contributed by atoms with Crippen molar-refractivity contribution >= 4 is 11.9 Å². The zero-order chi connectivity index (χ0) is 13.0. The Morgan fingerprint density at radius 1 is 0.875 bits per heavy atom. The van der Waals surface area contributed by atoms with Crippen LogP contribution in [0.4, 0.5) is 0 Å². The molecule has 0 aliphatic carbocycles. The van der Waals surface area contributed by atoms with Crippen molar-refractivity contribution in [3.63, 3.8) is 0 Å². The summed E-state index contributed by atoms with van der Waals surface area (Å²) < 4.78 is 0. The maximum absolute atomic E-state index is 11.0. The highest BCUT2D eigenvalue weighted by atomic mass is 16.5. The van der Waals surface area contributed by atoms with Gasteiger partial charge in [-0.25, -0.2) is 9.59 Å². The standard InChI is InChI=1S/C10H18O6/c1-3-5-9(15,7(11)12)10(16,6-4-2)8(13)14/h15-16H,3-6H2,1-2H3,(H,11,12)(H,13,14)/t9-,10-/m0/s1. The van der Waals surface area contributed by atoms with Crippen LogP contribution in [0.3, 0.4) is 0 Å². The SMILES string of the molecule is CCC[C@](O)(C(=O)O)[C@](O)(CCC)C(=O)O. The monoisotopic (exact) mass is 234 g/mol. The second-order valence-corrected chi connectivity index (χ2v) is 3.83. The highest BCUT2D eigenvalue weighted by molar-refractivity contribution is 5.90. The second kappa shape index (κ2) is 5.27. The molecule has 16 heavy (non-hydrogen) atoms. The van der Waals surface area contributed by atoms with E-state index >= 15 is 0 Å². The van der Waals surface area contributed by atoms with E-state index in [1.54, 1.807) is 13.8 Å².